The maximum absolute atomic E-state index is 6.32. The smallest absolute Gasteiger partial charge is 0.0624 e. The molecule has 0 amide bonds. The van der Waals surface area contributed by atoms with Crippen LogP contribution in [0.5, 0.6) is 0 Å². The molecule has 1 aromatic rings. The fourth-order valence-electron chi connectivity index (χ4n) is 2.92. The summed E-state index contributed by atoms with van der Waals surface area (Å²) in [6, 6.07) is 6.26. The number of halogens is 2. The SMILES string of the molecule is CCCNC(Cc1cccc(Cl)c1Cl)C1CCOC1C. The predicted octanol–water partition coefficient (Wildman–Crippen LogP) is 4.33. The summed E-state index contributed by atoms with van der Waals surface area (Å²) in [7, 11) is 0. The Labute approximate surface area is 131 Å². The second kappa shape index (κ2) is 7.65. The quantitative estimate of drug-likeness (QED) is 0.843. The third-order valence-corrected chi connectivity index (χ3v) is 4.94. The highest BCUT2D eigenvalue weighted by Gasteiger charge is 2.31. The Morgan fingerprint density at radius 2 is 2.20 bits per heavy atom. The van der Waals surface area contributed by atoms with Gasteiger partial charge >= 0.3 is 0 Å². The zero-order chi connectivity index (χ0) is 14.5. The summed E-state index contributed by atoms with van der Waals surface area (Å²) in [6.07, 6.45) is 3.45. The lowest BCUT2D eigenvalue weighted by molar-refractivity contribution is 0.0954. The van der Waals surface area contributed by atoms with E-state index < -0.39 is 0 Å². The summed E-state index contributed by atoms with van der Waals surface area (Å²) in [5, 5.41) is 4.97. The van der Waals surface area contributed by atoms with Gasteiger partial charge in [0, 0.05) is 18.6 Å². The van der Waals surface area contributed by atoms with Gasteiger partial charge in [-0.15, -0.1) is 0 Å². The minimum atomic E-state index is 0.308. The molecule has 1 aliphatic rings. The average Bonchev–Trinajstić information content (AvgIpc) is 2.85. The fourth-order valence-corrected chi connectivity index (χ4v) is 3.32. The predicted molar refractivity (Wildman–Crippen MR) is 85.8 cm³/mol. The number of hydrogen-bond acceptors (Lipinski definition) is 2. The van der Waals surface area contributed by atoms with Crippen molar-refractivity contribution >= 4 is 23.2 Å². The molecule has 3 unspecified atom stereocenters. The maximum Gasteiger partial charge on any atom is 0.0624 e. The Morgan fingerprint density at radius 1 is 1.40 bits per heavy atom. The van der Waals surface area contributed by atoms with Crippen molar-refractivity contribution in [3.8, 4) is 0 Å². The van der Waals surface area contributed by atoms with Gasteiger partial charge in [0.1, 0.15) is 0 Å². The fraction of sp³-hybridized carbons (Fsp3) is 0.625. The Morgan fingerprint density at radius 3 is 2.85 bits per heavy atom. The molecule has 1 heterocycles. The van der Waals surface area contributed by atoms with Crippen molar-refractivity contribution < 1.29 is 4.74 Å². The highest BCUT2D eigenvalue weighted by molar-refractivity contribution is 6.42. The van der Waals surface area contributed by atoms with Crippen molar-refractivity contribution in [1.82, 2.24) is 5.32 Å². The van der Waals surface area contributed by atoms with E-state index in [1.807, 2.05) is 12.1 Å². The zero-order valence-electron chi connectivity index (χ0n) is 12.2. The van der Waals surface area contributed by atoms with Crippen molar-refractivity contribution in [1.29, 1.82) is 0 Å². The second-order valence-electron chi connectivity index (χ2n) is 5.51. The van der Waals surface area contributed by atoms with E-state index in [2.05, 4.69) is 25.2 Å². The molecule has 2 rings (SSSR count). The molecule has 2 nitrogen and oxygen atoms in total. The summed E-state index contributed by atoms with van der Waals surface area (Å²) < 4.78 is 5.72. The maximum atomic E-state index is 6.32. The van der Waals surface area contributed by atoms with E-state index >= 15 is 0 Å². The third kappa shape index (κ3) is 3.88. The van der Waals surface area contributed by atoms with Crippen molar-refractivity contribution in [2.75, 3.05) is 13.2 Å². The normalized spacial score (nSPS) is 24.0. The van der Waals surface area contributed by atoms with Gasteiger partial charge in [0.15, 0.2) is 0 Å². The molecule has 0 bridgehead atoms. The molecule has 3 atom stereocenters. The molecule has 1 N–H and O–H groups in total. The summed E-state index contributed by atoms with van der Waals surface area (Å²) in [4.78, 5) is 0. The minimum absolute atomic E-state index is 0.308. The Kier molecular flexibility index (Phi) is 6.16. The topological polar surface area (TPSA) is 21.3 Å². The molecule has 0 saturated carbocycles. The molecule has 0 spiro atoms. The van der Waals surface area contributed by atoms with Gasteiger partial charge in [-0.05, 0) is 44.4 Å². The van der Waals surface area contributed by atoms with E-state index in [1.165, 1.54) is 0 Å². The molecule has 1 fully saturated rings. The Balaban J connectivity index is 2.12. The van der Waals surface area contributed by atoms with E-state index in [4.69, 9.17) is 27.9 Å². The van der Waals surface area contributed by atoms with E-state index in [-0.39, 0.29) is 0 Å². The average molecular weight is 316 g/mol. The van der Waals surface area contributed by atoms with Crippen LogP contribution in [0.25, 0.3) is 0 Å². The second-order valence-corrected chi connectivity index (χ2v) is 6.29. The summed E-state index contributed by atoms with van der Waals surface area (Å²) >= 11 is 12.4. The number of benzene rings is 1. The summed E-state index contributed by atoms with van der Waals surface area (Å²) in [5.74, 6) is 0.539. The van der Waals surface area contributed by atoms with E-state index in [0.717, 1.165) is 38.0 Å². The first-order valence-corrected chi connectivity index (χ1v) is 8.17. The standard InChI is InChI=1S/C16H23Cl2NO/c1-3-8-19-15(13-7-9-20-11(13)2)10-12-5-4-6-14(17)16(12)18/h4-6,11,13,15,19H,3,7-10H2,1-2H3. The molecule has 112 valence electrons. The van der Waals surface area contributed by atoms with Crippen LogP contribution in [0.2, 0.25) is 10.0 Å². The highest BCUT2D eigenvalue weighted by atomic mass is 35.5. The molecule has 1 saturated heterocycles. The molecule has 1 aromatic carbocycles. The van der Waals surface area contributed by atoms with Gasteiger partial charge in [-0.1, -0.05) is 42.3 Å². The summed E-state index contributed by atoms with van der Waals surface area (Å²) in [5.41, 5.74) is 1.12. The monoisotopic (exact) mass is 315 g/mol. The van der Waals surface area contributed by atoms with Crippen LogP contribution in [0.15, 0.2) is 18.2 Å². The van der Waals surface area contributed by atoms with Crippen LogP contribution in [0, 0.1) is 5.92 Å². The van der Waals surface area contributed by atoms with Crippen LogP contribution >= 0.6 is 23.2 Å². The van der Waals surface area contributed by atoms with Gasteiger partial charge in [0.2, 0.25) is 0 Å². The molecule has 0 aromatic heterocycles. The van der Waals surface area contributed by atoms with Crippen molar-refractivity contribution in [2.45, 2.75) is 45.3 Å². The lowest BCUT2D eigenvalue weighted by Gasteiger charge is -2.27. The molecule has 4 heteroatoms. The molecule has 20 heavy (non-hydrogen) atoms. The number of ether oxygens (including phenoxy) is 1. The van der Waals surface area contributed by atoms with Crippen molar-refractivity contribution in [3.05, 3.63) is 33.8 Å². The largest absolute Gasteiger partial charge is 0.378 e. The van der Waals surface area contributed by atoms with Crippen LogP contribution in [0.1, 0.15) is 32.3 Å². The number of rotatable bonds is 6. The number of nitrogens with one attached hydrogen (secondary N) is 1. The zero-order valence-corrected chi connectivity index (χ0v) is 13.7. The Hall–Kier alpha value is -0.280. The van der Waals surface area contributed by atoms with Crippen LogP contribution in [0.3, 0.4) is 0 Å². The molecular formula is C16H23Cl2NO. The van der Waals surface area contributed by atoms with Gasteiger partial charge in [0.05, 0.1) is 16.1 Å². The first-order valence-electron chi connectivity index (χ1n) is 7.41. The highest BCUT2D eigenvalue weighted by Crippen LogP contribution is 2.30. The molecular weight excluding hydrogens is 293 g/mol. The lowest BCUT2D eigenvalue weighted by Crippen LogP contribution is -2.41. The number of hydrogen-bond donors (Lipinski definition) is 1. The minimum Gasteiger partial charge on any atom is -0.378 e. The van der Waals surface area contributed by atoms with Gasteiger partial charge < -0.3 is 10.1 Å². The Bertz CT molecular complexity index is 438. The van der Waals surface area contributed by atoms with E-state index in [0.29, 0.717) is 28.1 Å². The molecule has 0 radical (unpaired) electrons. The lowest BCUT2D eigenvalue weighted by atomic mass is 9.88. The van der Waals surface area contributed by atoms with Gasteiger partial charge in [-0.25, -0.2) is 0 Å². The van der Waals surface area contributed by atoms with Gasteiger partial charge in [-0.2, -0.15) is 0 Å². The van der Waals surface area contributed by atoms with Crippen molar-refractivity contribution in [2.24, 2.45) is 5.92 Å². The first kappa shape index (κ1) is 16.1. The van der Waals surface area contributed by atoms with Gasteiger partial charge in [0.25, 0.3) is 0 Å². The van der Waals surface area contributed by atoms with Gasteiger partial charge in [-0.3, -0.25) is 0 Å². The molecule has 0 aliphatic carbocycles. The first-order chi connectivity index (χ1) is 9.63. The van der Waals surface area contributed by atoms with E-state index in [9.17, 15) is 0 Å². The van der Waals surface area contributed by atoms with Crippen LogP contribution in [-0.4, -0.2) is 25.3 Å². The van der Waals surface area contributed by atoms with Crippen molar-refractivity contribution in [3.63, 3.8) is 0 Å². The molecule has 1 aliphatic heterocycles. The van der Waals surface area contributed by atoms with Crippen LogP contribution < -0.4 is 5.32 Å². The summed E-state index contributed by atoms with van der Waals surface area (Å²) in [6.45, 7) is 6.23. The van der Waals surface area contributed by atoms with Crippen LogP contribution in [-0.2, 0) is 11.2 Å². The van der Waals surface area contributed by atoms with E-state index in [1.54, 1.807) is 0 Å². The van der Waals surface area contributed by atoms with Crippen LogP contribution in [0.4, 0.5) is 0 Å². The third-order valence-electron chi connectivity index (χ3n) is 4.08.